The lowest BCUT2D eigenvalue weighted by molar-refractivity contribution is 0.435. The van der Waals surface area contributed by atoms with Crippen LogP contribution >= 0.6 is 0 Å². The van der Waals surface area contributed by atoms with Crippen LogP contribution in [0, 0.1) is 13.8 Å². The van der Waals surface area contributed by atoms with Gasteiger partial charge in [-0.1, -0.05) is 13.8 Å². The lowest BCUT2D eigenvalue weighted by atomic mass is 10.2. The second-order valence-electron chi connectivity index (χ2n) is 5.04. The van der Waals surface area contributed by atoms with Gasteiger partial charge in [0, 0.05) is 24.2 Å². The van der Waals surface area contributed by atoms with E-state index in [9.17, 15) is 0 Å². The molecule has 0 bridgehead atoms. The lowest BCUT2D eigenvalue weighted by Gasteiger charge is -2.14. The fraction of sp³-hybridized carbons (Fsp3) is 0.500. The fourth-order valence-electron chi connectivity index (χ4n) is 1.75. The van der Waals surface area contributed by atoms with Crippen LogP contribution in [-0.4, -0.2) is 26.7 Å². The molecule has 0 radical (unpaired) electrons. The monoisotopic (exact) mass is 275 g/mol. The van der Waals surface area contributed by atoms with Gasteiger partial charge in [-0.25, -0.2) is 4.98 Å². The van der Waals surface area contributed by atoms with Crippen molar-refractivity contribution in [1.29, 1.82) is 0 Å². The maximum atomic E-state index is 5.77. The molecule has 0 aliphatic carbocycles. The Kier molecular flexibility index (Phi) is 4.22. The minimum absolute atomic E-state index is 0.233. The van der Waals surface area contributed by atoms with Gasteiger partial charge < -0.3 is 10.1 Å². The number of rotatable bonds is 5. The molecule has 2 aromatic rings. The van der Waals surface area contributed by atoms with Gasteiger partial charge in [0.1, 0.15) is 11.6 Å². The molecule has 6 heteroatoms. The van der Waals surface area contributed by atoms with Crippen molar-refractivity contribution in [3.8, 4) is 11.8 Å². The second kappa shape index (κ2) is 5.90. The van der Waals surface area contributed by atoms with Crippen LogP contribution in [0.2, 0.25) is 0 Å². The first-order valence-corrected chi connectivity index (χ1v) is 6.83. The van der Waals surface area contributed by atoms with Gasteiger partial charge in [0.25, 0.3) is 0 Å². The average molecular weight is 275 g/mol. The number of nitrogens with one attached hydrogen (secondary N) is 2. The van der Waals surface area contributed by atoms with E-state index >= 15 is 0 Å². The van der Waals surface area contributed by atoms with Crippen LogP contribution in [0.5, 0.6) is 11.8 Å². The van der Waals surface area contributed by atoms with Gasteiger partial charge in [0.05, 0.1) is 5.56 Å². The molecule has 0 spiro atoms. The number of H-pyrrole nitrogens is 1. The maximum absolute atomic E-state index is 5.77. The molecule has 0 aliphatic heterocycles. The standard InChI is InChI=1S/C14H21N5O/c1-6-15-13-10(5)14(17-12(16-13)8(2)3)20-11-7-9(4)18-19-11/h7-8H,6H2,1-5H3,(H,18,19)(H,15,16,17). The van der Waals surface area contributed by atoms with Gasteiger partial charge >= 0.3 is 0 Å². The van der Waals surface area contributed by atoms with Crippen molar-refractivity contribution >= 4 is 5.82 Å². The van der Waals surface area contributed by atoms with E-state index in [-0.39, 0.29) is 5.92 Å². The van der Waals surface area contributed by atoms with Gasteiger partial charge in [0.2, 0.25) is 11.8 Å². The highest BCUT2D eigenvalue weighted by Gasteiger charge is 2.15. The number of hydrogen-bond donors (Lipinski definition) is 2. The molecule has 0 fully saturated rings. The van der Waals surface area contributed by atoms with Crippen LogP contribution in [0.25, 0.3) is 0 Å². The number of hydrogen-bond acceptors (Lipinski definition) is 5. The molecule has 0 atom stereocenters. The predicted molar refractivity (Wildman–Crippen MR) is 78.4 cm³/mol. The Morgan fingerprint density at radius 2 is 2.05 bits per heavy atom. The van der Waals surface area contributed by atoms with E-state index in [1.807, 2.05) is 26.8 Å². The van der Waals surface area contributed by atoms with Gasteiger partial charge in [-0.2, -0.15) is 4.98 Å². The number of ether oxygens (including phenoxy) is 1. The summed E-state index contributed by atoms with van der Waals surface area (Å²) in [5.41, 5.74) is 1.83. The topological polar surface area (TPSA) is 75.7 Å². The summed E-state index contributed by atoms with van der Waals surface area (Å²) in [6, 6.07) is 1.84. The Bertz CT molecular complexity index is 591. The van der Waals surface area contributed by atoms with E-state index < -0.39 is 0 Å². The molecule has 2 N–H and O–H groups in total. The molecule has 0 saturated heterocycles. The number of aromatic amines is 1. The SMILES string of the molecule is CCNc1nc(C(C)C)nc(Oc2cc(C)[nH]n2)c1C. The molecular formula is C14H21N5O. The number of anilines is 1. The van der Waals surface area contributed by atoms with E-state index in [0.29, 0.717) is 11.8 Å². The third-order valence-electron chi connectivity index (χ3n) is 2.86. The zero-order valence-electron chi connectivity index (χ0n) is 12.6. The molecule has 2 heterocycles. The van der Waals surface area contributed by atoms with E-state index in [4.69, 9.17) is 4.74 Å². The van der Waals surface area contributed by atoms with Gasteiger partial charge in [0.15, 0.2) is 0 Å². The summed E-state index contributed by atoms with van der Waals surface area (Å²) >= 11 is 0. The molecule has 0 unspecified atom stereocenters. The van der Waals surface area contributed by atoms with Crippen molar-refractivity contribution in [2.24, 2.45) is 0 Å². The Morgan fingerprint density at radius 1 is 1.30 bits per heavy atom. The summed E-state index contributed by atoms with van der Waals surface area (Å²) in [4.78, 5) is 9.03. The van der Waals surface area contributed by atoms with Crippen LogP contribution in [0.3, 0.4) is 0 Å². The molecule has 0 aromatic carbocycles. The van der Waals surface area contributed by atoms with Crippen LogP contribution in [0.4, 0.5) is 5.82 Å². The zero-order valence-corrected chi connectivity index (χ0v) is 12.6. The van der Waals surface area contributed by atoms with Gasteiger partial charge in [-0.15, -0.1) is 5.10 Å². The fourth-order valence-corrected chi connectivity index (χ4v) is 1.75. The highest BCUT2D eigenvalue weighted by Crippen LogP contribution is 2.28. The van der Waals surface area contributed by atoms with Gasteiger partial charge in [-0.3, -0.25) is 5.10 Å². The summed E-state index contributed by atoms with van der Waals surface area (Å²) in [5.74, 6) is 2.87. The van der Waals surface area contributed by atoms with E-state index in [2.05, 4.69) is 39.3 Å². The molecule has 0 amide bonds. The first kappa shape index (κ1) is 14.3. The first-order chi connectivity index (χ1) is 9.51. The van der Waals surface area contributed by atoms with E-state index in [1.165, 1.54) is 0 Å². The summed E-state index contributed by atoms with van der Waals surface area (Å²) in [7, 11) is 0. The Morgan fingerprint density at radius 3 is 2.60 bits per heavy atom. The largest absolute Gasteiger partial charge is 0.419 e. The Balaban J connectivity index is 2.39. The van der Waals surface area contributed by atoms with Crippen molar-refractivity contribution in [2.45, 2.75) is 40.5 Å². The normalized spacial score (nSPS) is 10.9. The molecule has 6 nitrogen and oxygen atoms in total. The number of nitrogens with zero attached hydrogens (tertiary/aromatic N) is 3. The van der Waals surface area contributed by atoms with Crippen molar-refractivity contribution in [2.75, 3.05) is 11.9 Å². The quantitative estimate of drug-likeness (QED) is 0.876. The predicted octanol–water partition coefficient (Wildman–Crippen LogP) is 3.16. The van der Waals surface area contributed by atoms with E-state index in [1.54, 1.807) is 0 Å². The minimum atomic E-state index is 0.233. The van der Waals surface area contributed by atoms with Gasteiger partial charge in [-0.05, 0) is 20.8 Å². The molecule has 0 aliphatic rings. The van der Waals surface area contributed by atoms with E-state index in [0.717, 1.165) is 29.4 Å². The van der Waals surface area contributed by atoms with Crippen molar-refractivity contribution in [3.05, 3.63) is 23.1 Å². The highest BCUT2D eigenvalue weighted by molar-refractivity contribution is 5.49. The van der Waals surface area contributed by atoms with Crippen molar-refractivity contribution in [3.63, 3.8) is 0 Å². The van der Waals surface area contributed by atoms with Crippen LogP contribution < -0.4 is 10.1 Å². The summed E-state index contributed by atoms with van der Waals surface area (Å²) in [6.45, 7) is 10.8. The molecule has 108 valence electrons. The van der Waals surface area contributed by atoms with Crippen molar-refractivity contribution in [1.82, 2.24) is 20.2 Å². The second-order valence-corrected chi connectivity index (χ2v) is 5.04. The molecular weight excluding hydrogens is 254 g/mol. The van der Waals surface area contributed by atoms with Crippen LogP contribution in [0.1, 0.15) is 43.8 Å². The highest BCUT2D eigenvalue weighted by atomic mass is 16.5. The summed E-state index contributed by atoms with van der Waals surface area (Å²) < 4.78 is 5.77. The molecule has 2 aromatic heterocycles. The molecule has 20 heavy (non-hydrogen) atoms. The lowest BCUT2D eigenvalue weighted by Crippen LogP contribution is -2.08. The molecule has 0 saturated carbocycles. The average Bonchev–Trinajstić information content (AvgIpc) is 2.79. The summed E-state index contributed by atoms with van der Waals surface area (Å²) in [6.07, 6.45) is 0. The molecule has 2 rings (SSSR count). The third-order valence-corrected chi connectivity index (χ3v) is 2.86. The van der Waals surface area contributed by atoms with Crippen LogP contribution in [-0.2, 0) is 0 Å². The van der Waals surface area contributed by atoms with Crippen molar-refractivity contribution < 1.29 is 4.74 Å². The Hall–Kier alpha value is -2.11. The zero-order chi connectivity index (χ0) is 14.7. The minimum Gasteiger partial charge on any atom is -0.419 e. The smallest absolute Gasteiger partial charge is 0.240 e. The first-order valence-electron chi connectivity index (χ1n) is 6.83. The third kappa shape index (κ3) is 3.07. The van der Waals surface area contributed by atoms with Crippen LogP contribution in [0.15, 0.2) is 6.07 Å². The number of aryl methyl sites for hydroxylation is 1. The Labute approximate surface area is 119 Å². The summed E-state index contributed by atoms with van der Waals surface area (Å²) in [5, 5.41) is 10.2. The maximum Gasteiger partial charge on any atom is 0.240 e. The number of aromatic nitrogens is 4.